The first-order valence-electron chi connectivity index (χ1n) is 28.0. The Hall–Kier alpha value is -5.23. The number of nitrogens with zero attached hydrogens (tertiary/aromatic N) is 2. The first kappa shape index (κ1) is 73.9. The lowest BCUT2D eigenvalue weighted by atomic mass is 9.90. The van der Waals surface area contributed by atoms with Crippen LogP contribution in [0.1, 0.15) is 133 Å². The number of phosphoric ester groups is 2. The van der Waals surface area contributed by atoms with Crippen molar-refractivity contribution in [2.75, 3.05) is 46.9 Å². The van der Waals surface area contributed by atoms with Gasteiger partial charge in [-0.2, -0.15) is 4.31 Å². The topological polar surface area (TPSA) is 347 Å². The number of benzene rings is 1. The van der Waals surface area contributed by atoms with Crippen molar-refractivity contribution < 1.29 is 84.8 Å². The van der Waals surface area contributed by atoms with Crippen LogP contribution in [0.4, 0.5) is 4.79 Å². The molecule has 1 aromatic carbocycles. The molecule has 8 N–H and O–H groups in total. The van der Waals surface area contributed by atoms with Crippen LogP contribution in [0.3, 0.4) is 0 Å². The first-order valence-corrected chi connectivity index (χ1v) is 31.4. The van der Waals surface area contributed by atoms with Gasteiger partial charge in [-0.25, -0.2) is 23.5 Å². The number of nitrogens with two attached hydrogens (primary N) is 1. The average Bonchev–Trinajstić information content (AvgIpc) is 3.52. The minimum atomic E-state index is -4.98. The summed E-state index contributed by atoms with van der Waals surface area (Å²) in [5, 5.41) is 11.1. The smallest absolute Gasteiger partial charge is 0.456 e. The summed E-state index contributed by atoms with van der Waals surface area (Å²) in [7, 11) is -7.13. The molecule has 25 nitrogen and oxygen atoms in total. The molecule has 0 fully saturated rings. The quantitative estimate of drug-likeness (QED) is 0.0211. The zero-order valence-electron chi connectivity index (χ0n) is 50.0. The van der Waals surface area contributed by atoms with Crippen molar-refractivity contribution in [2.45, 2.75) is 176 Å². The number of esters is 2. The highest BCUT2D eigenvalue weighted by atomic mass is 35.5. The molecule has 0 saturated heterocycles. The Bertz CT molecular complexity index is 2480. The van der Waals surface area contributed by atoms with Crippen LogP contribution in [0.5, 0.6) is 0 Å². The van der Waals surface area contributed by atoms with Crippen LogP contribution < -0.4 is 27.0 Å². The second-order valence-electron chi connectivity index (χ2n) is 21.2. The Balaban J connectivity index is 2.52. The van der Waals surface area contributed by atoms with Gasteiger partial charge in [0.2, 0.25) is 23.6 Å². The normalized spacial score (nSPS) is 25.4. The number of phosphoric acid groups is 2. The van der Waals surface area contributed by atoms with E-state index in [0.29, 0.717) is 61.2 Å². The number of halogens is 1. The number of likely N-dealkylation sites (N-methyl/N-ethyl adjacent to an activating group) is 2. The van der Waals surface area contributed by atoms with Crippen molar-refractivity contribution in [2.24, 2.45) is 23.5 Å². The van der Waals surface area contributed by atoms with Crippen molar-refractivity contribution in [1.29, 1.82) is 0 Å². The lowest BCUT2D eigenvalue weighted by Crippen LogP contribution is -2.57. The van der Waals surface area contributed by atoms with Gasteiger partial charge in [0, 0.05) is 50.0 Å². The van der Waals surface area contributed by atoms with E-state index in [2.05, 4.69) is 25.6 Å². The van der Waals surface area contributed by atoms with Gasteiger partial charge in [0.1, 0.15) is 36.4 Å². The molecule has 1 heterocycles. The molecule has 0 aliphatic carbocycles. The van der Waals surface area contributed by atoms with Crippen molar-refractivity contribution >= 4 is 74.8 Å². The van der Waals surface area contributed by atoms with Gasteiger partial charge in [0.15, 0.2) is 6.10 Å². The van der Waals surface area contributed by atoms with E-state index >= 15 is 0 Å². The lowest BCUT2D eigenvalue weighted by Gasteiger charge is -2.33. The molecule has 0 spiro atoms. The fourth-order valence-corrected chi connectivity index (χ4v) is 10.7. The van der Waals surface area contributed by atoms with Crippen molar-refractivity contribution in [3.05, 3.63) is 58.1 Å². The van der Waals surface area contributed by atoms with Gasteiger partial charge in [-0.1, -0.05) is 76.9 Å². The van der Waals surface area contributed by atoms with E-state index in [1.807, 2.05) is 0 Å². The van der Waals surface area contributed by atoms with E-state index in [-0.39, 0.29) is 56.9 Å². The van der Waals surface area contributed by atoms with Crippen molar-refractivity contribution in [3.8, 4) is 0 Å². The van der Waals surface area contributed by atoms with Crippen molar-refractivity contribution in [3.63, 3.8) is 0 Å². The van der Waals surface area contributed by atoms with E-state index in [1.54, 1.807) is 78.8 Å². The second kappa shape index (κ2) is 36.6. The molecule has 83 heavy (non-hydrogen) atoms. The summed E-state index contributed by atoms with van der Waals surface area (Å²) in [4.78, 5) is 134. The number of hydrogen-bond acceptors (Lipinski definition) is 17. The second-order valence-corrected chi connectivity index (χ2v) is 24.7. The summed E-state index contributed by atoms with van der Waals surface area (Å²) < 4.78 is 56.2. The standard InChI is InChI=1S/C55H90ClN7O18P2/c1-13-35(5)47-50(66)60-40(10)54(70)80-48(36(6)14-2)38(8)44(79-55(71)58-28-18-16-20-30-77-83(74,75)81-82(72,73)76-29-19-15-17-27-57)26-21-37(7)53(69)78-45(31-34(3)4)49(65)59-39(9)51(67)63(12)43(32-41-22-24-42(56)25-23-41)52(68)62(11)33-46(64)61-47/h14,21-25,34-35,38-40,43-45,47-48H,13,15-20,26-33,57H2,1-12H3,(H,58,71)(H,59,65)(H,60,66)(H,61,64)(H,72,73)(H,74,75)/b36-14+,37-21+/t35-,38+,39+,40-,43-,44+,45-,47+,48-/m1/s1. The van der Waals surface area contributed by atoms with Gasteiger partial charge in [0.25, 0.3) is 5.91 Å². The van der Waals surface area contributed by atoms with Gasteiger partial charge >= 0.3 is 33.7 Å². The van der Waals surface area contributed by atoms with Crippen LogP contribution in [0.15, 0.2) is 47.6 Å². The zero-order valence-corrected chi connectivity index (χ0v) is 52.6. The number of carbonyl (C=O) groups is 8. The Labute approximate surface area is 493 Å². The maximum atomic E-state index is 14.3. The molecule has 1 aromatic rings. The van der Waals surface area contributed by atoms with Gasteiger partial charge in [-0.3, -0.25) is 33.0 Å². The molecule has 28 heteroatoms. The fourth-order valence-electron chi connectivity index (χ4n) is 8.43. The summed E-state index contributed by atoms with van der Waals surface area (Å²) in [6.07, 6.45) is 1.35. The average molecular weight is 1230 g/mol. The van der Waals surface area contributed by atoms with Crippen LogP contribution in [-0.4, -0.2) is 157 Å². The maximum absolute atomic E-state index is 14.3. The third-order valence-electron chi connectivity index (χ3n) is 13.8. The number of allylic oxidation sites excluding steroid dienone is 1. The maximum Gasteiger partial charge on any atom is 0.481 e. The minimum absolute atomic E-state index is 0.00836. The SMILES string of the molecule is C/C=C(\C)[C@H]1OC(=O)[C@@H](C)NC(=O)[C@H]([C@H](C)CC)NC(=O)CN(C)C(=O)[C@@H](Cc2ccc(Cl)cc2)N(C)C(=O)[C@H](C)NC(=O)[C@@H](CC(C)C)OC(=O)/C(C)=C/C[C@H](OC(=O)NCCCCCOP(=O)(O)OP(=O)(O)OCCCCCN)[C@@H]1C. The highest BCUT2D eigenvalue weighted by Crippen LogP contribution is 2.60. The van der Waals surface area contributed by atoms with Crippen LogP contribution in [0, 0.1) is 17.8 Å². The monoisotopic (exact) mass is 1230 g/mol. The largest absolute Gasteiger partial charge is 0.481 e. The minimum Gasteiger partial charge on any atom is -0.456 e. The van der Waals surface area contributed by atoms with E-state index in [9.17, 15) is 57.3 Å². The number of hydrogen-bond donors (Lipinski definition) is 7. The lowest BCUT2D eigenvalue weighted by molar-refractivity contribution is -0.155. The number of rotatable bonds is 23. The number of amides is 6. The van der Waals surface area contributed by atoms with Gasteiger partial charge in [0.05, 0.1) is 19.8 Å². The van der Waals surface area contributed by atoms with E-state index in [1.165, 1.54) is 40.9 Å². The molecular weight excluding hydrogens is 1140 g/mol. The highest BCUT2D eigenvalue weighted by molar-refractivity contribution is 7.61. The molecule has 11 atom stereocenters. The van der Waals surface area contributed by atoms with Crippen molar-refractivity contribution in [1.82, 2.24) is 31.1 Å². The van der Waals surface area contributed by atoms with Crippen LogP contribution >= 0.6 is 27.2 Å². The molecule has 0 aromatic heterocycles. The Morgan fingerprint density at radius 3 is 2.02 bits per heavy atom. The van der Waals surface area contributed by atoms with Gasteiger partial charge in [-0.15, -0.1) is 0 Å². The number of carbonyl (C=O) groups excluding carboxylic acids is 8. The molecule has 0 bridgehead atoms. The molecule has 2 unspecified atom stereocenters. The number of nitrogens with one attached hydrogen (secondary N) is 4. The van der Waals surface area contributed by atoms with Crippen LogP contribution in [0.2, 0.25) is 5.02 Å². The molecule has 470 valence electrons. The Morgan fingerprint density at radius 2 is 1.46 bits per heavy atom. The summed E-state index contributed by atoms with van der Waals surface area (Å²) in [6, 6.07) is 1.65. The van der Waals surface area contributed by atoms with Crippen LogP contribution in [-0.2, 0) is 76.7 Å². The molecule has 6 amide bonds. The number of cyclic esters (lactones) is 2. The van der Waals surface area contributed by atoms with E-state index < -0.39 is 124 Å². The number of alkyl carbamates (subject to hydrolysis) is 1. The highest BCUT2D eigenvalue weighted by Gasteiger charge is 2.39. The predicted molar refractivity (Wildman–Crippen MR) is 310 cm³/mol. The Morgan fingerprint density at radius 1 is 0.867 bits per heavy atom. The molecule has 2 rings (SSSR count). The summed E-state index contributed by atoms with van der Waals surface area (Å²) in [5.41, 5.74) is 6.58. The Kier molecular flexibility index (Phi) is 32.6. The zero-order chi connectivity index (χ0) is 62.8. The van der Waals surface area contributed by atoms with Gasteiger partial charge < -0.3 is 60.8 Å². The van der Waals surface area contributed by atoms with Crippen LogP contribution in [0.25, 0.3) is 0 Å². The molecule has 1 aliphatic rings. The third kappa shape index (κ3) is 26.7. The molecule has 0 radical (unpaired) electrons. The van der Waals surface area contributed by atoms with Gasteiger partial charge in [-0.05, 0) is 121 Å². The van der Waals surface area contributed by atoms with E-state index in [0.717, 1.165) is 9.80 Å². The summed E-state index contributed by atoms with van der Waals surface area (Å²) >= 11 is 6.15. The predicted octanol–water partition coefficient (Wildman–Crippen LogP) is 6.17. The van der Waals surface area contributed by atoms with E-state index in [4.69, 9.17) is 40.6 Å². The third-order valence-corrected chi connectivity index (χ3v) is 16.7. The first-order chi connectivity index (χ1) is 38.9. The molecule has 0 saturated carbocycles. The summed E-state index contributed by atoms with van der Waals surface area (Å²) in [5.74, 6) is -6.86. The number of ether oxygens (including phenoxy) is 3. The summed E-state index contributed by atoms with van der Waals surface area (Å²) in [6.45, 7) is 15.8. The molecular formula is C55H90ClN7O18P2. The number of unbranched alkanes of at least 4 members (excludes halogenated alkanes) is 4. The fraction of sp³-hybridized carbons (Fsp3) is 0.673. The molecule has 1 aliphatic heterocycles.